The summed E-state index contributed by atoms with van der Waals surface area (Å²) < 4.78 is 10.7. The van der Waals surface area contributed by atoms with E-state index >= 15 is 0 Å². The van der Waals surface area contributed by atoms with Gasteiger partial charge in [0.05, 0.1) is 11.5 Å². The first-order valence-electron chi connectivity index (χ1n) is 5.53. The average Bonchev–Trinajstić information content (AvgIpc) is 2.91. The van der Waals surface area contributed by atoms with Gasteiger partial charge in [0.1, 0.15) is 0 Å². The van der Waals surface area contributed by atoms with Crippen molar-refractivity contribution in [2.24, 2.45) is 5.41 Å². The highest BCUT2D eigenvalue weighted by Crippen LogP contribution is 2.49. The van der Waals surface area contributed by atoms with E-state index in [1.54, 1.807) is 0 Å². The first-order valence-corrected chi connectivity index (χ1v) is 5.53. The van der Waals surface area contributed by atoms with Gasteiger partial charge < -0.3 is 9.47 Å². The zero-order valence-corrected chi connectivity index (χ0v) is 9.25. The molecule has 0 saturated heterocycles. The highest BCUT2D eigenvalue weighted by molar-refractivity contribution is 5.49. The second kappa shape index (κ2) is 3.15. The van der Waals surface area contributed by atoms with E-state index in [4.69, 9.17) is 14.7 Å². The Morgan fingerprint density at radius 3 is 2.62 bits per heavy atom. The lowest BCUT2D eigenvalue weighted by atomic mass is 9.94. The number of fused-ring (bicyclic) bond motifs is 1. The minimum atomic E-state index is -0.0988. The van der Waals surface area contributed by atoms with Crippen LogP contribution in [-0.2, 0) is 6.42 Å². The summed E-state index contributed by atoms with van der Waals surface area (Å²) in [7, 11) is 0. The van der Waals surface area contributed by atoms with Crippen LogP contribution in [-0.4, -0.2) is 6.79 Å². The van der Waals surface area contributed by atoms with Crippen LogP contribution in [0.3, 0.4) is 0 Å². The summed E-state index contributed by atoms with van der Waals surface area (Å²) in [4.78, 5) is 0. The van der Waals surface area contributed by atoms with Gasteiger partial charge in [-0.2, -0.15) is 5.26 Å². The quantitative estimate of drug-likeness (QED) is 0.761. The molecule has 1 heterocycles. The molecule has 3 heteroatoms. The van der Waals surface area contributed by atoms with Gasteiger partial charge in [-0.25, -0.2) is 0 Å². The van der Waals surface area contributed by atoms with Crippen LogP contribution in [0, 0.1) is 23.7 Å². The molecule has 1 fully saturated rings. The fourth-order valence-corrected chi connectivity index (χ4v) is 2.12. The maximum atomic E-state index is 9.10. The number of rotatable bonds is 2. The largest absolute Gasteiger partial charge is 0.454 e. The standard InChI is InChI=1S/C13H13NO2/c1-9-4-11-12(16-8-15-11)5-10(9)6-13(7-14)2-3-13/h4-5H,2-3,6,8H2,1H3. The maximum Gasteiger partial charge on any atom is 0.231 e. The topological polar surface area (TPSA) is 42.2 Å². The van der Waals surface area contributed by atoms with E-state index in [0.29, 0.717) is 6.79 Å². The lowest BCUT2D eigenvalue weighted by molar-refractivity contribution is 0.174. The Bertz CT molecular complexity index is 483. The minimum absolute atomic E-state index is 0.0988. The zero-order chi connectivity index (χ0) is 11.2. The van der Waals surface area contributed by atoms with Crippen molar-refractivity contribution in [1.29, 1.82) is 5.26 Å². The molecule has 0 radical (unpaired) electrons. The Balaban J connectivity index is 1.93. The summed E-state index contributed by atoms with van der Waals surface area (Å²) >= 11 is 0. The number of aryl methyl sites for hydroxylation is 1. The predicted molar refractivity (Wildman–Crippen MR) is 58.3 cm³/mol. The molecular formula is C13H13NO2. The smallest absolute Gasteiger partial charge is 0.231 e. The molecule has 0 aromatic heterocycles. The Kier molecular flexibility index (Phi) is 1.88. The Labute approximate surface area is 94.6 Å². The van der Waals surface area contributed by atoms with Crippen LogP contribution in [0.1, 0.15) is 24.0 Å². The van der Waals surface area contributed by atoms with Gasteiger partial charge >= 0.3 is 0 Å². The zero-order valence-electron chi connectivity index (χ0n) is 9.25. The fourth-order valence-electron chi connectivity index (χ4n) is 2.12. The lowest BCUT2D eigenvalue weighted by Gasteiger charge is -2.10. The van der Waals surface area contributed by atoms with Crippen LogP contribution in [0.4, 0.5) is 0 Å². The molecule has 0 N–H and O–H groups in total. The van der Waals surface area contributed by atoms with Crippen molar-refractivity contribution in [2.75, 3.05) is 6.79 Å². The summed E-state index contributed by atoms with van der Waals surface area (Å²) in [6, 6.07) is 6.45. The Morgan fingerprint density at radius 1 is 1.31 bits per heavy atom. The van der Waals surface area contributed by atoms with Gasteiger partial charge in [0.15, 0.2) is 11.5 Å². The third-order valence-electron chi connectivity index (χ3n) is 3.45. The molecule has 3 rings (SSSR count). The van der Waals surface area contributed by atoms with Crippen molar-refractivity contribution in [3.8, 4) is 17.6 Å². The monoisotopic (exact) mass is 215 g/mol. The minimum Gasteiger partial charge on any atom is -0.454 e. The molecule has 1 aliphatic heterocycles. The van der Waals surface area contributed by atoms with Gasteiger partial charge in [-0.3, -0.25) is 0 Å². The van der Waals surface area contributed by atoms with Crippen molar-refractivity contribution >= 4 is 0 Å². The van der Waals surface area contributed by atoms with Crippen LogP contribution in [0.15, 0.2) is 12.1 Å². The van der Waals surface area contributed by atoms with E-state index in [1.807, 2.05) is 12.1 Å². The van der Waals surface area contributed by atoms with Crippen molar-refractivity contribution in [3.05, 3.63) is 23.3 Å². The lowest BCUT2D eigenvalue weighted by Crippen LogP contribution is -2.03. The summed E-state index contributed by atoms with van der Waals surface area (Å²) in [6.45, 7) is 2.37. The van der Waals surface area contributed by atoms with E-state index < -0.39 is 0 Å². The van der Waals surface area contributed by atoms with E-state index in [9.17, 15) is 0 Å². The van der Waals surface area contributed by atoms with Crippen LogP contribution >= 0.6 is 0 Å². The van der Waals surface area contributed by atoms with Crippen molar-refractivity contribution in [3.63, 3.8) is 0 Å². The Morgan fingerprint density at radius 2 is 2.00 bits per heavy atom. The SMILES string of the molecule is Cc1cc2c(cc1CC1(C#N)CC1)OCO2. The fraction of sp³-hybridized carbons (Fsp3) is 0.462. The number of benzene rings is 1. The molecule has 2 aliphatic rings. The molecule has 82 valence electrons. The summed E-state index contributed by atoms with van der Waals surface area (Å²) in [6.07, 6.45) is 2.89. The van der Waals surface area contributed by atoms with Crippen molar-refractivity contribution in [2.45, 2.75) is 26.2 Å². The van der Waals surface area contributed by atoms with E-state index in [0.717, 1.165) is 30.8 Å². The maximum absolute atomic E-state index is 9.10. The molecule has 16 heavy (non-hydrogen) atoms. The van der Waals surface area contributed by atoms with Crippen molar-refractivity contribution < 1.29 is 9.47 Å². The van der Waals surface area contributed by atoms with Crippen LogP contribution in [0.5, 0.6) is 11.5 Å². The number of nitrogens with zero attached hydrogens (tertiary/aromatic N) is 1. The molecular weight excluding hydrogens is 202 g/mol. The van der Waals surface area contributed by atoms with Gasteiger partial charge in [-0.05, 0) is 49.4 Å². The number of nitriles is 1. The van der Waals surface area contributed by atoms with E-state index in [2.05, 4.69) is 13.0 Å². The molecule has 1 aromatic carbocycles. The van der Waals surface area contributed by atoms with Crippen LogP contribution in [0.2, 0.25) is 0 Å². The van der Waals surface area contributed by atoms with E-state index in [1.165, 1.54) is 11.1 Å². The van der Waals surface area contributed by atoms with Crippen LogP contribution in [0.25, 0.3) is 0 Å². The van der Waals surface area contributed by atoms with E-state index in [-0.39, 0.29) is 5.41 Å². The van der Waals surface area contributed by atoms with Gasteiger partial charge in [-0.15, -0.1) is 0 Å². The summed E-state index contributed by atoms with van der Waals surface area (Å²) in [5.74, 6) is 1.64. The van der Waals surface area contributed by atoms with Crippen molar-refractivity contribution in [1.82, 2.24) is 0 Å². The molecule has 0 bridgehead atoms. The van der Waals surface area contributed by atoms with Gasteiger partial charge in [0, 0.05) is 0 Å². The second-order valence-electron chi connectivity index (χ2n) is 4.70. The highest BCUT2D eigenvalue weighted by Gasteiger charge is 2.43. The first-order chi connectivity index (χ1) is 7.72. The first kappa shape index (κ1) is 9.53. The second-order valence-corrected chi connectivity index (χ2v) is 4.70. The molecule has 0 spiro atoms. The average molecular weight is 215 g/mol. The number of ether oxygens (including phenoxy) is 2. The Hall–Kier alpha value is -1.69. The molecule has 1 aliphatic carbocycles. The predicted octanol–water partition coefficient (Wildman–Crippen LogP) is 2.57. The molecule has 0 amide bonds. The molecule has 1 aromatic rings. The van der Waals surface area contributed by atoms with Gasteiger partial charge in [0.2, 0.25) is 6.79 Å². The number of hydrogen-bond acceptors (Lipinski definition) is 3. The third kappa shape index (κ3) is 1.42. The molecule has 3 nitrogen and oxygen atoms in total. The van der Waals surface area contributed by atoms with Gasteiger partial charge in [-0.1, -0.05) is 0 Å². The summed E-state index contributed by atoms with van der Waals surface area (Å²) in [5.41, 5.74) is 2.30. The molecule has 0 unspecified atom stereocenters. The van der Waals surface area contributed by atoms with Crippen LogP contribution < -0.4 is 9.47 Å². The molecule has 1 saturated carbocycles. The normalized spacial score (nSPS) is 19.2. The number of hydrogen-bond donors (Lipinski definition) is 0. The van der Waals surface area contributed by atoms with Gasteiger partial charge in [0.25, 0.3) is 0 Å². The molecule has 0 atom stereocenters. The third-order valence-corrected chi connectivity index (χ3v) is 3.45. The highest BCUT2D eigenvalue weighted by atomic mass is 16.7. The summed E-state index contributed by atoms with van der Waals surface area (Å²) in [5, 5.41) is 9.10.